The molecular formula is C29H26FN5O3S. The summed E-state index contributed by atoms with van der Waals surface area (Å²) in [5, 5.41) is 6.49. The quantitative estimate of drug-likeness (QED) is 0.244. The molecule has 0 spiro atoms. The minimum absolute atomic E-state index is 0.0835. The molecule has 2 aromatic heterocycles. The van der Waals surface area contributed by atoms with E-state index in [0.717, 1.165) is 17.1 Å². The number of esters is 1. The molecule has 8 nitrogen and oxygen atoms in total. The standard InChI is InChI=1S/C29H26FN5O3S/c1-38-28(37)19-8-6-9-20(18-19)34-16-7-13-24(34)27-26(23-12-4-5-15-31-23)33-29(39)35(27)17-14-25(36)32-22-11-3-2-10-21(22)30/h2-13,15-16,18,26-27H,14,17H2,1H3,(H,32,36)(H,33,39)/t26-,27-/m1/s1. The summed E-state index contributed by atoms with van der Waals surface area (Å²) >= 11 is 5.73. The van der Waals surface area contributed by atoms with E-state index in [2.05, 4.69) is 15.6 Å². The van der Waals surface area contributed by atoms with Gasteiger partial charge in [-0.2, -0.15) is 0 Å². The molecule has 0 unspecified atom stereocenters. The minimum Gasteiger partial charge on any atom is -0.465 e. The van der Waals surface area contributed by atoms with Crippen LogP contribution in [-0.2, 0) is 9.53 Å². The number of carbonyl (C=O) groups excluding carboxylic acids is 2. The third kappa shape index (κ3) is 5.51. The van der Waals surface area contributed by atoms with Gasteiger partial charge in [0.15, 0.2) is 5.11 Å². The first-order valence-corrected chi connectivity index (χ1v) is 12.8. The summed E-state index contributed by atoms with van der Waals surface area (Å²) in [6.45, 7) is 0.285. The maximum atomic E-state index is 14.1. The van der Waals surface area contributed by atoms with Crippen LogP contribution in [0.4, 0.5) is 10.1 Å². The number of nitrogens with zero attached hydrogens (tertiary/aromatic N) is 3. The van der Waals surface area contributed by atoms with Crippen molar-refractivity contribution in [3.8, 4) is 5.69 Å². The lowest BCUT2D eigenvalue weighted by Crippen LogP contribution is -2.33. The molecule has 198 valence electrons. The molecule has 5 rings (SSSR count). The predicted molar refractivity (Wildman–Crippen MR) is 149 cm³/mol. The van der Waals surface area contributed by atoms with E-state index in [0.29, 0.717) is 10.7 Å². The van der Waals surface area contributed by atoms with Gasteiger partial charge in [-0.15, -0.1) is 0 Å². The Balaban J connectivity index is 1.46. The zero-order valence-corrected chi connectivity index (χ0v) is 21.9. The Morgan fingerprint density at radius 2 is 1.90 bits per heavy atom. The number of benzene rings is 2. The second kappa shape index (κ2) is 11.4. The zero-order valence-electron chi connectivity index (χ0n) is 21.1. The van der Waals surface area contributed by atoms with Crippen molar-refractivity contribution in [1.82, 2.24) is 19.8 Å². The van der Waals surface area contributed by atoms with E-state index >= 15 is 0 Å². The van der Waals surface area contributed by atoms with E-state index in [-0.39, 0.29) is 36.6 Å². The minimum atomic E-state index is -0.496. The highest BCUT2D eigenvalue weighted by molar-refractivity contribution is 7.80. The number of amides is 1. The highest BCUT2D eigenvalue weighted by Crippen LogP contribution is 2.39. The van der Waals surface area contributed by atoms with E-state index in [9.17, 15) is 14.0 Å². The Kier molecular flexibility index (Phi) is 7.64. The molecule has 1 aliphatic heterocycles. The summed E-state index contributed by atoms with van der Waals surface area (Å²) in [5.74, 6) is -1.25. The monoisotopic (exact) mass is 543 g/mol. The number of hydrogen-bond acceptors (Lipinski definition) is 5. The van der Waals surface area contributed by atoms with Gasteiger partial charge in [0.1, 0.15) is 5.82 Å². The number of para-hydroxylation sites is 1. The molecule has 3 heterocycles. The topological polar surface area (TPSA) is 88.5 Å². The highest BCUT2D eigenvalue weighted by atomic mass is 32.1. The average molecular weight is 544 g/mol. The number of aromatic nitrogens is 2. The van der Waals surface area contributed by atoms with Crippen LogP contribution in [0.25, 0.3) is 5.69 Å². The van der Waals surface area contributed by atoms with Crippen molar-refractivity contribution in [1.29, 1.82) is 0 Å². The van der Waals surface area contributed by atoms with E-state index in [1.807, 2.05) is 52.1 Å². The number of carbonyl (C=O) groups is 2. The molecular weight excluding hydrogens is 517 g/mol. The Labute approximate surface area is 230 Å². The van der Waals surface area contributed by atoms with Crippen LogP contribution in [-0.4, -0.2) is 45.1 Å². The van der Waals surface area contributed by atoms with Gasteiger partial charge in [-0.05, 0) is 66.8 Å². The molecule has 2 aromatic carbocycles. The Bertz CT molecular complexity index is 1510. The number of thiocarbonyl (C=S) groups is 1. The van der Waals surface area contributed by atoms with Gasteiger partial charge in [0.25, 0.3) is 0 Å². The predicted octanol–water partition coefficient (Wildman–Crippen LogP) is 4.80. The van der Waals surface area contributed by atoms with E-state index in [1.54, 1.807) is 36.5 Å². The van der Waals surface area contributed by atoms with Crippen molar-refractivity contribution in [3.63, 3.8) is 0 Å². The summed E-state index contributed by atoms with van der Waals surface area (Å²) in [7, 11) is 1.35. The molecule has 1 fully saturated rings. The molecule has 2 N–H and O–H groups in total. The van der Waals surface area contributed by atoms with Crippen LogP contribution in [0.15, 0.2) is 91.3 Å². The molecule has 0 radical (unpaired) electrons. The van der Waals surface area contributed by atoms with E-state index < -0.39 is 11.8 Å². The lowest BCUT2D eigenvalue weighted by molar-refractivity contribution is -0.116. The lowest BCUT2D eigenvalue weighted by Gasteiger charge is -2.29. The number of halogens is 1. The number of hydrogen-bond donors (Lipinski definition) is 2. The third-order valence-corrected chi connectivity index (χ3v) is 6.91. The molecule has 0 bridgehead atoms. The first kappa shape index (κ1) is 26.1. The van der Waals surface area contributed by atoms with Crippen molar-refractivity contribution >= 4 is 34.9 Å². The molecule has 4 aromatic rings. The maximum Gasteiger partial charge on any atom is 0.337 e. The molecule has 2 atom stereocenters. The van der Waals surface area contributed by atoms with Crippen molar-refractivity contribution in [3.05, 3.63) is 114 Å². The number of rotatable bonds is 8. The third-order valence-electron chi connectivity index (χ3n) is 6.55. The molecule has 39 heavy (non-hydrogen) atoms. The number of methoxy groups -OCH3 is 1. The number of anilines is 1. The average Bonchev–Trinajstić information content (AvgIpc) is 3.57. The number of pyridine rings is 1. The zero-order chi connectivity index (χ0) is 27.4. The van der Waals surface area contributed by atoms with Crippen LogP contribution >= 0.6 is 12.2 Å². The van der Waals surface area contributed by atoms with Crippen molar-refractivity contribution in [2.45, 2.75) is 18.5 Å². The van der Waals surface area contributed by atoms with Gasteiger partial charge in [0.05, 0.1) is 36.1 Å². The van der Waals surface area contributed by atoms with Crippen LogP contribution in [0.5, 0.6) is 0 Å². The van der Waals surface area contributed by atoms with Crippen molar-refractivity contribution < 1.29 is 18.7 Å². The molecule has 10 heteroatoms. The van der Waals surface area contributed by atoms with Crippen LogP contribution in [0.3, 0.4) is 0 Å². The van der Waals surface area contributed by atoms with Crippen molar-refractivity contribution in [2.24, 2.45) is 0 Å². The molecule has 1 amide bonds. The summed E-state index contributed by atoms with van der Waals surface area (Å²) in [5.41, 5.74) is 3.01. The van der Waals surface area contributed by atoms with Gasteiger partial charge < -0.3 is 24.8 Å². The molecule has 0 saturated carbocycles. The van der Waals surface area contributed by atoms with Crippen LogP contribution < -0.4 is 10.6 Å². The lowest BCUT2D eigenvalue weighted by atomic mass is 10.0. The Morgan fingerprint density at radius 1 is 1.08 bits per heavy atom. The molecule has 1 saturated heterocycles. The van der Waals surface area contributed by atoms with Gasteiger partial charge in [0, 0.05) is 36.7 Å². The summed E-state index contributed by atoms with van der Waals surface area (Å²) in [4.78, 5) is 31.4. The smallest absolute Gasteiger partial charge is 0.337 e. The van der Waals surface area contributed by atoms with Gasteiger partial charge in [0.2, 0.25) is 5.91 Å². The second-order valence-corrected chi connectivity index (χ2v) is 9.33. The first-order valence-electron chi connectivity index (χ1n) is 12.3. The molecule has 0 aliphatic carbocycles. The fourth-order valence-electron chi connectivity index (χ4n) is 4.74. The maximum absolute atomic E-state index is 14.1. The molecule has 1 aliphatic rings. The number of ether oxygens (including phenoxy) is 1. The first-order chi connectivity index (χ1) is 19.0. The van der Waals surface area contributed by atoms with Crippen LogP contribution in [0.1, 0.15) is 40.3 Å². The fraction of sp³-hybridized carbons (Fsp3) is 0.172. The summed E-state index contributed by atoms with van der Waals surface area (Å²) in [6.07, 6.45) is 3.71. The van der Waals surface area contributed by atoms with Crippen molar-refractivity contribution in [2.75, 3.05) is 19.0 Å². The van der Waals surface area contributed by atoms with Crippen LogP contribution in [0, 0.1) is 5.82 Å². The second-order valence-electron chi connectivity index (χ2n) is 8.94. The fourth-order valence-corrected chi connectivity index (χ4v) is 5.07. The van der Waals surface area contributed by atoms with E-state index in [1.165, 1.54) is 19.2 Å². The van der Waals surface area contributed by atoms with Gasteiger partial charge in [-0.1, -0.05) is 24.3 Å². The normalized spacial score (nSPS) is 16.6. The van der Waals surface area contributed by atoms with Gasteiger partial charge in [-0.3, -0.25) is 9.78 Å². The Hall–Kier alpha value is -4.57. The summed E-state index contributed by atoms with van der Waals surface area (Å²) < 4.78 is 20.9. The largest absolute Gasteiger partial charge is 0.465 e. The van der Waals surface area contributed by atoms with Gasteiger partial charge in [-0.25, -0.2) is 9.18 Å². The number of nitrogens with one attached hydrogen (secondary N) is 2. The van der Waals surface area contributed by atoms with Crippen LogP contribution in [0.2, 0.25) is 0 Å². The van der Waals surface area contributed by atoms with Gasteiger partial charge >= 0.3 is 5.97 Å². The summed E-state index contributed by atoms with van der Waals surface area (Å²) in [6, 6.07) is 22.1. The SMILES string of the molecule is COC(=O)c1cccc(-n2cccc2[C@@H]2[C@@H](c3ccccn3)NC(=S)N2CCC(=O)Nc2ccccc2F)c1. The van der Waals surface area contributed by atoms with E-state index in [4.69, 9.17) is 17.0 Å². The Morgan fingerprint density at radius 3 is 2.67 bits per heavy atom. The highest BCUT2D eigenvalue weighted by Gasteiger charge is 2.41.